The lowest BCUT2D eigenvalue weighted by atomic mass is 9.95. The van der Waals surface area contributed by atoms with E-state index in [0.29, 0.717) is 0 Å². The molecule has 2 atom stereocenters. The van der Waals surface area contributed by atoms with Gasteiger partial charge in [0.05, 0.1) is 0 Å². The number of benzene rings is 1. The molecule has 1 aromatic rings. The molecule has 106 valence electrons. The summed E-state index contributed by atoms with van der Waals surface area (Å²) < 4.78 is 0. The van der Waals surface area contributed by atoms with Crippen LogP contribution < -0.4 is 5.73 Å². The van der Waals surface area contributed by atoms with Crippen molar-refractivity contribution in [2.24, 2.45) is 11.7 Å². The molecule has 0 saturated carbocycles. The molecule has 0 aliphatic carbocycles. The molecular formula is C16H25ClN2. The van der Waals surface area contributed by atoms with E-state index in [9.17, 15) is 0 Å². The zero-order valence-corrected chi connectivity index (χ0v) is 12.6. The van der Waals surface area contributed by atoms with E-state index >= 15 is 0 Å². The first-order chi connectivity index (χ1) is 9.19. The number of rotatable bonds is 5. The monoisotopic (exact) mass is 280 g/mol. The molecule has 0 amide bonds. The maximum atomic E-state index is 6.26. The van der Waals surface area contributed by atoms with Crippen LogP contribution in [0, 0.1) is 5.92 Å². The van der Waals surface area contributed by atoms with Crippen molar-refractivity contribution in [2.75, 3.05) is 19.6 Å². The van der Waals surface area contributed by atoms with Crippen molar-refractivity contribution >= 4 is 11.6 Å². The Morgan fingerprint density at radius 1 is 1.47 bits per heavy atom. The van der Waals surface area contributed by atoms with Gasteiger partial charge < -0.3 is 10.6 Å². The second-order valence-corrected chi connectivity index (χ2v) is 6.10. The van der Waals surface area contributed by atoms with Gasteiger partial charge in [-0.2, -0.15) is 0 Å². The minimum absolute atomic E-state index is 0.0979. The van der Waals surface area contributed by atoms with Crippen LogP contribution in [-0.4, -0.2) is 24.5 Å². The SMILES string of the molecule is CCC1CCCN(CCC(N)c2cccc(Cl)c2)C1. The van der Waals surface area contributed by atoms with Crippen molar-refractivity contribution in [1.29, 1.82) is 0 Å². The van der Waals surface area contributed by atoms with Crippen LogP contribution >= 0.6 is 11.6 Å². The average molecular weight is 281 g/mol. The van der Waals surface area contributed by atoms with Crippen molar-refractivity contribution in [2.45, 2.75) is 38.6 Å². The van der Waals surface area contributed by atoms with Gasteiger partial charge >= 0.3 is 0 Å². The van der Waals surface area contributed by atoms with E-state index in [0.717, 1.165) is 29.5 Å². The van der Waals surface area contributed by atoms with Crippen LogP contribution in [-0.2, 0) is 0 Å². The van der Waals surface area contributed by atoms with Crippen molar-refractivity contribution < 1.29 is 0 Å². The van der Waals surface area contributed by atoms with Crippen molar-refractivity contribution in [3.05, 3.63) is 34.9 Å². The molecule has 1 fully saturated rings. The van der Waals surface area contributed by atoms with Crippen LogP contribution in [0.1, 0.15) is 44.2 Å². The number of halogens is 1. The predicted octanol–water partition coefficient (Wildman–Crippen LogP) is 3.85. The highest BCUT2D eigenvalue weighted by atomic mass is 35.5. The molecule has 19 heavy (non-hydrogen) atoms. The summed E-state index contributed by atoms with van der Waals surface area (Å²) in [6.45, 7) is 5.88. The molecule has 1 saturated heterocycles. The molecule has 0 radical (unpaired) electrons. The Bertz CT molecular complexity index is 394. The van der Waals surface area contributed by atoms with Crippen LogP contribution in [0.25, 0.3) is 0 Å². The Morgan fingerprint density at radius 3 is 3.05 bits per heavy atom. The van der Waals surface area contributed by atoms with Gasteiger partial charge in [0.25, 0.3) is 0 Å². The number of hydrogen-bond donors (Lipinski definition) is 1. The molecule has 2 rings (SSSR count). The number of nitrogens with two attached hydrogens (primary N) is 1. The van der Waals surface area contributed by atoms with E-state index < -0.39 is 0 Å². The summed E-state index contributed by atoms with van der Waals surface area (Å²) in [7, 11) is 0. The van der Waals surface area contributed by atoms with E-state index in [1.165, 1.54) is 32.4 Å². The number of piperidine rings is 1. The van der Waals surface area contributed by atoms with Gasteiger partial charge in [-0.3, -0.25) is 0 Å². The lowest BCUT2D eigenvalue weighted by Crippen LogP contribution is -2.36. The third kappa shape index (κ3) is 4.48. The molecule has 1 aliphatic rings. The first-order valence-electron chi connectivity index (χ1n) is 7.42. The van der Waals surface area contributed by atoms with Crippen molar-refractivity contribution in [1.82, 2.24) is 4.90 Å². The van der Waals surface area contributed by atoms with E-state index in [2.05, 4.69) is 17.9 Å². The fourth-order valence-corrected chi connectivity index (χ4v) is 3.11. The summed E-state index contributed by atoms with van der Waals surface area (Å²) in [6, 6.07) is 8.03. The lowest BCUT2D eigenvalue weighted by Gasteiger charge is -2.32. The fourth-order valence-electron chi connectivity index (χ4n) is 2.91. The molecule has 0 aromatic heterocycles. The highest BCUT2D eigenvalue weighted by molar-refractivity contribution is 6.30. The van der Waals surface area contributed by atoms with Crippen molar-refractivity contribution in [3.63, 3.8) is 0 Å². The highest BCUT2D eigenvalue weighted by Gasteiger charge is 2.18. The van der Waals surface area contributed by atoms with Gasteiger partial charge in [-0.15, -0.1) is 0 Å². The lowest BCUT2D eigenvalue weighted by molar-refractivity contribution is 0.167. The predicted molar refractivity (Wildman–Crippen MR) is 82.5 cm³/mol. The van der Waals surface area contributed by atoms with Gasteiger partial charge in [-0.25, -0.2) is 0 Å². The second-order valence-electron chi connectivity index (χ2n) is 5.67. The summed E-state index contributed by atoms with van der Waals surface area (Å²) in [5.41, 5.74) is 7.41. The molecule has 3 heteroatoms. The first kappa shape index (κ1) is 14.8. The van der Waals surface area contributed by atoms with Gasteiger partial charge in [0.15, 0.2) is 0 Å². The van der Waals surface area contributed by atoms with Gasteiger partial charge in [0.1, 0.15) is 0 Å². The highest BCUT2D eigenvalue weighted by Crippen LogP contribution is 2.22. The zero-order chi connectivity index (χ0) is 13.7. The fraction of sp³-hybridized carbons (Fsp3) is 0.625. The van der Waals surface area contributed by atoms with Gasteiger partial charge in [-0.05, 0) is 56.0 Å². The molecule has 1 heterocycles. The van der Waals surface area contributed by atoms with E-state index in [4.69, 9.17) is 17.3 Å². The smallest absolute Gasteiger partial charge is 0.0409 e. The summed E-state index contributed by atoms with van der Waals surface area (Å²) in [6.07, 6.45) is 5.05. The zero-order valence-electron chi connectivity index (χ0n) is 11.8. The molecule has 2 N–H and O–H groups in total. The average Bonchev–Trinajstić information content (AvgIpc) is 2.45. The molecule has 2 nitrogen and oxygen atoms in total. The van der Waals surface area contributed by atoms with Gasteiger partial charge in [0, 0.05) is 17.6 Å². The quantitative estimate of drug-likeness (QED) is 0.888. The minimum Gasteiger partial charge on any atom is -0.324 e. The molecule has 2 unspecified atom stereocenters. The first-order valence-corrected chi connectivity index (χ1v) is 7.80. The molecule has 0 bridgehead atoms. The van der Waals surface area contributed by atoms with Crippen molar-refractivity contribution in [3.8, 4) is 0 Å². The molecule has 0 spiro atoms. The Hall–Kier alpha value is -0.570. The van der Waals surface area contributed by atoms with Crippen LogP contribution in [0.2, 0.25) is 5.02 Å². The summed E-state index contributed by atoms with van der Waals surface area (Å²) in [5.74, 6) is 0.885. The minimum atomic E-state index is 0.0979. The third-order valence-corrected chi connectivity index (χ3v) is 4.45. The number of hydrogen-bond acceptors (Lipinski definition) is 2. The van der Waals surface area contributed by atoms with Crippen LogP contribution in [0.15, 0.2) is 24.3 Å². The van der Waals surface area contributed by atoms with Crippen LogP contribution in [0.4, 0.5) is 0 Å². The largest absolute Gasteiger partial charge is 0.324 e. The Balaban J connectivity index is 1.81. The van der Waals surface area contributed by atoms with E-state index in [1.807, 2.05) is 18.2 Å². The summed E-state index contributed by atoms with van der Waals surface area (Å²) in [4.78, 5) is 2.57. The van der Waals surface area contributed by atoms with E-state index in [1.54, 1.807) is 0 Å². The van der Waals surface area contributed by atoms with Gasteiger partial charge in [-0.1, -0.05) is 37.1 Å². The Labute approximate surface area is 121 Å². The third-order valence-electron chi connectivity index (χ3n) is 4.21. The normalized spacial score (nSPS) is 22.4. The maximum Gasteiger partial charge on any atom is 0.0409 e. The van der Waals surface area contributed by atoms with Gasteiger partial charge in [0.2, 0.25) is 0 Å². The van der Waals surface area contributed by atoms with Crippen LogP contribution in [0.3, 0.4) is 0 Å². The van der Waals surface area contributed by atoms with E-state index in [-0.39, 0.29) is 6.04 Å². The number of likely N-dealkylation sites (tertiary alicyclic amines) is 1. The molecule has 1 aliphatic heterocycles. The second kappa shape index (κ2) is 7.28. The Kier molecular flexibility index (Phi) is 5.68. The summed E-state index contributed by atoms with van der Waals surface area (Å²) in [5, 5.41) is 0.775. The topological polar surface area (TPSA) is 29.3 Å². The standard InChI is InChI=1S/C16H25ClN2/c1-2-13-5-4-9-19(12-13)10-8-16(18)14-6-3-7-15(17)11-14/h3,6-7,11,13,16H,2,4-5,8-10,12,18H2,1H3. The number of nitrogens with zero attached hydrogens (tertiary/aromatic N) is 1. The Morgan fingerprint density at radius 2 is 2.32 bits per heavy atom. The summed E-state index contributed by atoms with van der Waals surface area (Å²) >= 11 is 6.01. The molecular weight excluding hydrogens is 256 g/mol. The molecule has 1 aromatic carbocycles. The maximum absolute atomic E-state index is 6.26. The van der Waals surface area contributed by atoms with Crippen LogP contribution in [0.5, 0.6) is 0 Å².